The van der Waals surface area contributed by atoms with Crippen molar-refractivity contribution >= 4 is 5.91 Å². The van der Waals surface area contributed by atoms with Gasteiger partial charge in [0, 0.05) is 0 Å². The number of likely N-dealkylation sites (tertiary alicyclic amines) is 1. The highest BCUT2D eigenvalue weighted by Gasteiger charge is 2.35. The van der Waals surface area contributed by atoms with Crippen molar-refractivity contribution in [3.63, 3.8) is 0 Å². The Hall–Kier alpha value is -0.570. The molecule has 86 valence electrons. The highest BCUT2D eigenvalue weighted by atomic mass is 16.1. The third kappa shape index (κ3) is 2.71. The van der Waals surface area contributed by atoms with Crippen LogP contribution in [0.25, 0.3) is 0 Å². The molecule has 1 saturated carbocycles. The number of primary amides is 1. The van der Waals surface area contributed by atoms with Gasteiger partial charge in [0.05, 0.1) is 6.54 Å². The molecule has 0 bridgehead atoms. The second-order valence-electron chi connectivity index (χ2n) is 5.30. The van der Waals surface area contributed by atoms with Crippen molar-refractivity contribution in [2.75, 3.05) is 19.6 Å². The lowest BCUT2D eigenvalue weighted by Crippen LogP contribution is -2.44. The van der Waals surface area contributed by atoms with Gasteiger partial charge in [-0.05, 0) is 44.2 Å². The molecule has 0 aromatic rings. The van der Waals surface area contributed by atoms with Gasteiger partial charge in [-0.15, -0.1) is 0 Å². The standard InChI is InChI=1S/C12H22N2O/c13-11(15)10-14-8-6-12(7-9-14)4-2-1-3-5-12/h1-10H2,(H2,13,15). The van der Waals surface area contributed by atoms with E-state index in [-0.39, 0.29) is 5.91 Å². The summed E-state index contributed by atoms with van der Waals surface area (Å²) in [5.41, 5.74) is 5.84. The maximum atomic E-state index is 10.8. The largest absolute Gasteiger partial charge is 0.369 e. The SMILES string of the molecule is NC(=O)CN1CCC2(CCCCC2)CC1. The molecule has 2 N–H and O–H groups in total. The van der Waals surface area contributed by atoms with Crippen molar-refractivity contribution in [2.24, 2.45) is 11.1 Å². The maximum Gasteiger partial charge on any atom is 0.231 e. The van der Waals surface area contributed by atoms with Crippen molar-refractivity contribution in [1.29, 1.82) is 0 Å². The van der Waals surface area contributed by atoms with Crippen LogP contribution in [0.3, 0.4) is 0 Å². The van der Waals surface area contributed by atoms with E-state index in [0.29, 0.717) is 12.0 Å². The van der Waals surface area contributed by atoms with Crippen molar-refractivity contribution in [1.82, 2.24) is 4.90 Å². The van der Waals surface area contributed by atoms with E-state index in [2.05, 4.69) is 4.90 Å². The summed E-state index contributed by atoms with van der Waals surface area (Å²) >= 11 is 0. The number of piperidine rings is 1. The van der Waals surface area contributed by atoms with Gasteiger partial charge in [-0.3, -0.25) is 9.69 Å². The molecular weight excluding hydrogens is 188 g/mol. The molecular formula is C12H22N2O. The molecule has 3 nitrogen and oxygen atoms in total. The Balaban J connectivity index is 1.82. The summed E-state index contributed by atoms with van der Waals surface area (Å²) in [6, 6.07) is 0. The van der Waals surface area contributed by atoms with Gasteiger partial charge in [0.2, 0.25) is 5.91 Å². The number of carbonyl (C=O) groups is 1. The molecule has 1 aliphatic heterocycles. The topological polar surface area (TPSA) is 46.3 Å². The van der Waals surface area contributed by atoms with Gasteiger partial charge in [0.25, 0.3) is 0 Å². The Morgan fingerprint density at radius 3 is 2.20 bits per heavy atom. The quantitative estimate of drug-likeness (QED) is 0.751. The Morgan fingerprint density at radius 1 is 1.07 bits per heavy atom. The Kier molecular flexibility index (Phi) is 3.29. The van der Waals surface area contributed by atoms with Gasteiger partial charge in [-0.1, -0.05) is 19.3 Å². The van der Waals surface area contributed by atoms with E-state index in [1.54, 1.807) is 0 Å². The summed E-state index contributed by atoms with van der Waals surface area (Å²) in [6.07, 6.45) is 9.63. The summed E-state index contributed by atoms with van der Waals surface area (Å²) in [7, 11) is 0. The lowest BCUT2D eigenvalue weighted by atomic mass is 9.68. The first kappa shape index (κ1) is 10.9. The van der Waals surface area contributed by atoms with Crippen LogP contribution >= 0.6 is 0 Å². The number of carbonyl (C=O) groups excluding carboxylic acids is 1. The van der Waals surface area contributed by atoms with Crippen LogP contribution in [0.2, 0.25) is 0 Å². The second-order valence-corrected chi connectivity index (χ2v) is 5.30. The van der Waals surface area contributed by atoms with Crippen molar-refractivity contribution in [2.45, 2.75) is 44.9 Å². The minimum atomic E-state index is -0.186. The molecule has 1 aliphatic carbocycles. The maximum absolute atomic E-state index is 10.8. The third-order valence-electron chi connectivity index (χ3n) is 4.21. The highest BCUT2D eigenvalue weighted by Crippen LogP contribution is 2.44. The smallest absolute Gasteiger partial charge is 0.231 e. The number of rotatable bonds is 2. The first-order valence-electron chi connectivity index (χ1n) is 6.21. The Morgan fingerprint density at radius 2 is 1.67 bits per heavy atom. The van der Waals surface area contributed by atoms with Crippen LogP contribution in [-0.2, 0) is 4.79 Å². The number of nitrogens with zero attached hydrogens (tertiary/aromatic N) is 1. The van der Waals surface area contributed by atoms with E-state index in [9.17, 15) is 4.79 Å². The Labute approximate surface area is 92.0 Å². The van der Waals surface area contributed by atoms with E-state index in [1.165, 1.54) is 44.9 Å². The molecule has 15 heavy (non-hydrogen) atoms. The lowest BCUT2D eigenvalue weighted by molar-refractivity contribution is -0.119. The van der Waals surface area contributed by atoms with Gasteiger partial charge in [0.15, 0.2) is 0 Å². The molecule has 1 saturated heterocycles. The molecule has 0 radical (unpaired) electrons. The van der Waals surface area contributed by atoms with Crippen LogP contribution < -0.4 is 5.73 Å². The van der Waals surface area contributed by atoms with E-state index in [1.807, 2.05) is 0 Å². The molecule has 2 fully saturated rings. The first-order chi connectivity index (χ1) is 7.20. The second kappa shape index (κ2) is 4.52. The molecule has 3 heteroatoms. The minimum absolute atomic E-state index is 0.186. The molecule has 0 atom stereocenters. The van der Waals surface area contributed by atoms with Crippen LogP contribution in [0.1, 0.15) is 44.9 Å². The predicted octanol–water partition coefficient (Wildman–Crippen LogP) is 1.52. The molecule has 1 amide bonds. The fourth-order valence-electron chi connectivity index (χ4n) is 3.21. The Bertz CT molecular complexity index is 224. The normalized spacial score (nSPS) is 26.7. The zero-order chi connectivity index (χ0) is 10.7. The molecule has 1 heterocycles. The monoisotopic (exact) mass is 210 g/mol. The molecule has 0 unspecified atom stereocenters. The van der Waals surface area contributed by atoms with Crippen LogP contribution in [0.4, 0.5) is 0 Å². The molecule has 2 aliphatic rings. The van der Waals surface area contributed by atoms with Crippen molar-refractivity contribution in [3.8, 4) is 0 Å². The number of amides is 1. The van der Waals surface area contributed by atoms with E-state index >= 15 is 0 Å². The fraction of sp³-hybridized carbons (Fsp3) is 0.917. The third-order valence-corrected chi connectivity index (χ3v) is 4.21. The van der Waals surface area contributed by atoms with Gasteiger partial charge in [0.1, 0.15) is 0 Å². The summed E-state index contributed by atoms with van der Waals surface area (Å²) in [5, 5.41) is 0. The van der Waals surface area contributed by atoms with Gasteiger partial charge < -0.3 is 5.73 Å². The van der Waals surface area contributed by atoms with Gasteiger partial charge >= 0.3 is 0 Å². The molecule has 0 aromatic carbocycles. The van der Waals surface area contributed by atoms with Crippen LogP contribution in [-0.4, -0.2) is 30.4 Å². The van der Waals surface area contributed by atoms with Crippen molar-refractivity contribution in [3.05, 3.63) is 0 Å². The van der Waals surface area contributed by atoms with Crippen LogP contribution in [0, 0.1) is 5.41 Å². The first-order valence-corrected chi connectivity index (χ1v) is 6.21. The van der Waals surface area contributed by atoms with Crippen molar-refractivity contribution < 1.29 is 4.79 Å². The fourth-order valence-corrected chi connectivity index (χ4v) is 3.21. The van der Waals surface area contributed by atoms with Crippen LogP contribution in [0.5, 0.6) is 0 Å². The molecule has 2 rings (SSSR count). The van der Waals surface area contributed by atoms with E-state index < -0.39 is 0 Å². The van der Waals surface area contributed by atoms with Gasteiger partial charge in [-0.25, -0.2) is 0 Å². The van der Waals surface area contributed by atoms with Gasteiger partial charge in [-0.2, -0.15) is 0 Å². The van der Waals surface area contributed by atoms with Crippen LogP contribution in [0.15, 0.2) is 0 Å². The summed E-state index contributed by atoms with van der Waals surface area (Å²) in [5.74, 6) is -0.186. The average Bonchev–Trinajstić information content (AvgIpc) is 2.23. The highest BCUT2D eigenvalue weighted by molar-refractivity contribution is 5.75. The summed E-state index contributed by atoms with van der Waals surface area (Å²) < 4.78 is 0. The zero-order valence-corrected chi connectivity index (χ0v) is 9.50. The minimum Gasteiger partial charge on any atom is -0.369 e. The summed E-state index contributed by atoms with van der Waals surface area (Å²) in [4.78, 5) is 13.0. The zero-order valence-electron chi connectivity index (χ0n) is 9.50. The molecule has 1 spiro atoms. The predicted molar refractivity (Wildman–Crippen MR) is 60.4 cm³/mol. The molecule has 0 aromatic heterocycles. The van der Waals surface area contributed by atoms with E-state index in [0.717, 1.165) is 13.1 Å². The van der Waals surface area contributed by atoms with E-state index in [4.69, 9.17) is 5.73 Å². The number of hydrogen-bond acceptors (Lipinski definition) is 2. The number of hydrogen-bond donors (Lipinski definition) is 1. The summed E-state index contributed by atoms with van der Waals surface area (Å²) in [6.45, 7) is 2.60. The lowest BCUT2D eigenvalue weighted by Gasteiger charge is -2.44. The average molecular weight is 210 g/mol. The number of nitrogens with two attached hydrogens (primary N) is 1.